The van der Waals surface area contributed by atoms with Crippen molar-refractivity contribution in [1.82, 2.24) is 0 Å². The monoisotopic (exact) mass is 323 g/mol. The molecule has 2 aromatic rings. The smallest absolute Gasteiger partial charge is 0.193 e. The maximum atomic E-state index is 6.04. The van der Waals surface area contributed by atoms with Crippen molar-refractivity contribution in [2.45, 2.75) is 45.8 Å². The first-order chi connectivity index (χ1) is 11.6. The van der Waals surface area contributed by atoms with Gasteiger partial charge in [-0.15, -0.1) is 0 Å². The topological polar surface area (TPSA) is 59.6 Å². The Hall–Kier alpha value is -2.49. The minimum atomic E-state index is 0.362. The zero-order chi connectivity index (χ0) is 16.9. The number of hydrogen-bond donors (Lipinski definition) is 2. The average molecular weight is 323 g/mol. The van der Waals surface area contributed by atoms with Crippen LogP contribution in [-0.4, -0.2) is 12.1 Å². The SMILES string of the molecule is Cc1cc(C)cc(NC(N)=NCc2ccccc2OC2CCC2)c1. The zero-order valence-electron chi connectivity index (χ0n) is 14.4. The normalized spacial score (nSPS) is 15.0. The molecule has 0 aromatic heterocycles. The lowest BCUT2D eigenvalue weighted by atomic mass is 9.96. The van der Waals surface area contributed by atoms with E-state index in [0.717, 1.165) is 29.8 Å². The van der Waals surface area contributed by atoms with Gasteiger partial charge in [0.25, 0.3) is 0 Å². The van der Waals surface area contributed by atoms with Gasteiger partial charge in [0.15, 0.2) is 5.96 Å². The van der Waals surface area contributed by atoms with E-state index >= 15 is 0 Å². The maximum absolute atomic E-state index is 6.04. The van der Waals surface area contributed by atoms with Crippen molar-refractivity contribution in [2.75, 3.05) is 5.32 Å². The van der Waals surface area contributed by atoms with Crippen molar-refractivity contribution >= 4 is 11.6 Å². The van der Waals surface area contributed by atoms with Crippen molar-refractivity contribution in [2.24, 2.45) is 10.7 Å². The van der Waals surface area contributed by atoms with Crippen LogP contribution in [0.2, 0.25) is 0 Å². The first kappa shape index (κ1) is 16.4. The molecule has 0 saturated heterocycles. The number of ether oxygens (including phenoxy) is 1. The molecule has 2 aromatic carbocycles. The third-order valence-corrected chi connectivity index (χ3v) is 4.23. The summed E-state index contributed by atoms with van der Waals surface area (Å²) < 4.78 is 6.03. The van der Waals surface area contributed by atoms with E-state index in [0.29, 0.717) is 18.6 Å². The summed E-state index contributed by atoms with van der Waals surface area (Å²) in [5, 5.41) is 3.16. The quantitative estimate of drug-likeness (QED) is 0.641. The van der Waals surface area contributed by atoms with Gasteiger partial charge in [-0.25, -0.2) is 4.99 Å². The van der Waals surface area contributed by atoms with Gasteiger partial charge in [-0.1, -0.05) is 24.3 Å². The predicted octanol–water partition coefficient (Wildman–Crippen LogP) is 4.16. The van der Waals surface area contributed by atoms with Gasteiger partial charge in [-0.05, 0) is 62.4 Å². The Morgan fingerprint density at radius 2 is 1.88 bits per heavy atom. The first-order valence-corrected chi connectivity index (χ1v) is 8.50. The van der Waals surface area contributed by atoms with Crippen molar-refractivity contribution in [1.29, 1.82) is 0 Å². The van der Waals surface area contributed by atoms with Crippen LogP contribution < -0.4 is 15.8 Å². The lowest BCUT2D eigenvalue weighted by molar-refractivity contribution is 0.119. The van der Waals surface area contributed by atoms with Gasteiger partial charge in [0.1, 0.15) is 5.75 Å². The van der Waals surface area contributed by atoms with E-state index in [2.05, 4.69) is 42.4 Å². The first-order valence-electron chi connectivity index (χ1n) is 8.50. The van der Waals surface area contributed by atoms with Crippen LogP contribution in [0.15, 0.2) is 47.5 Å². The number of para-hydroxylation sites is 1. The molecule has 0 atom stereocenters. The number of aliphatic imine (C=N–C) groups is 1. The van der Waals surface area contributed by atoms with Gasteiger partial charge >= 0.3 is 0 Å². The minimum absolute atomic E-state index is 0.362. The molecule has 0 unspecified atom stereocenters. The van der Waals surface area contributed by atoms with Gasteiger partial charge in [0.05, 0.1) is 12.6 Å². The van der Waals surface area contributed by atoms with Crippen LogP contribution in [0.25, 0.3) is 0 Å². The van der Waals surface area contributed by atoms with E-state index < -0.39 is 0 Å². The molecule has 126 valence electrons. The van der Waals surface area contributed by atoms with E-state index in [1.165, 1.54) is 17.5 Å². The van der Waals surface area contributed by atoms with Crippen LogP contribution >= 0.6 is 0 Å². The number of anilines is 1. The second-order valence-corrected chi connectivity index (χ2v) is 6.48. The predicted molar refractivity (Wildman–Crippen MR) is 99.6 cm³/mol. The van der Waals surface area contributed by atoms with Crippen molar-refractivity contribution < 1.29 is 4.74 Å². The third kappa shape index (κ3) is 4.28. The fourth-order valence-corrected chi connectivity index (χ4v) is 2.82. The molecule has 4 nitrogen and oxygen atoms in total. The Morgan fingerprint density at radius 3 is 2.54 bits per heavy atom. The summed E-state index contributed by atoms with van der Waals surface area (Å²) in [5.41, 5.74) is 10.5. The highest BCUT2D eigenvalue weighted by Gasteiger charge is 2.20. The highest BCUT2D eigenvalue weighted by molar-refractivity contribution is 5.92. The molecule has 1 aliphatic carbocycles. The zero-order valence-corrected chi connectivity index (χ0v) is 14.4. The van der Waals surface area contributed by atoms with Gasteiger partial charge in [0, 0.05) is 11.3 Å². The van der Waals surface area contributed by atoms with Crippen LogP contribution in [0.1, 0.15) is 36.0 Å². The Kier molecular flexibility index (Phi) is 5.04. The van der Waals surface area contributed by atoms with Crippen LogP contribution in [0.3, 0.4) is 0 Å². The van der Waals surface area contributed by atoms with Gasteiger partial charge < -0.3 is 15.8 Å². The lowest BCUT2D eigenvalue weighted by Gasteiger charge is -2.27. The number of benzene rings is 2. The molecule has 1 aliphatic rings. The number of nitrogens with two attached hydrogens (primary N) is 1. The summed E-state index contributed by atoms with van der Waals surface area (Å²) in [7, 11) is 0. The largest absolute Gasteiger partial charge is 0.490 e. The number of guanidine groups is 1. The van der Waals surface area contributed by atoms with Crippen LogP contribution in [0.5, 0.6) is 5.75 Å². The Balaban J connectivity index is 1.66. The molecule has 3 N–H and O–H groups in total. The summed E-state index contributed by atoms with van der Waals surface area (Å²) in [6, 6.07) is 14.3. The molecule has 0 heterocycles. The van der Waals surface area contributed by atoms with Gasteiger partial charge in [-0.3, -0.25) is 0 Å². The van der Waals surface area contributed by atoms with E-state index in [4.69, 9.17) is 10.5 Å². The van der Waals surface area contributed by atoms with Gasteiger partial charge in [-0.2, -0.15) is 0 Å². The van der Waals surface area contributed by atoms with Crippen molar-refractivity contribution in [3.63, 3.8) is 0 Å². The van der Waals surface area contributed by atoms with Crippen LogP contribution in [0, 0.1) is 13.8 Å². The number of nitrogens with one attached hydrogen (secondary N) is 1. The fourth-order valence-electron chi connectivity index (χ4n) is 2.82. The molecular formula is C20H25N3O. The summed E-state index contributed by atoms with van der Waals surface area (Å²) >= 11 is 0. The molecular weight excluding hydrogens is 298 g/mol. The number of rotatable bonds is 5. The molecule has 0 radical (unpaired) electrons. The van der Waals surface area contributed by atoms with Gasteiger partial charge in [0.2, 0.25) is 0 Å². The highest BCUT2D eigenvalue weighted by Crippen LogP contribution is 2.27. The van der Waals surface area contributed by atoms with Crippen molar-refractivity contribution in [3.8, 4) is 5.75 Å². The second kappa shape index (κ2) is 7.39. The number of aryl methyl sites for hydroxylation is 2. The fraction of sp³-hybridized carbons (Fsp3) is 0.350. The van der Waals surface area contributed by atoms with Crippen molar-refractivity contribution in [3.05, 3.63) is 59.2 Å². The molecule has 1 saturated carbocycles. The standard InChI is InChI=1S/C20H25N3O/c1-14-10-15(2)12-17(11-14)23-20(21)22-13-16-6-3-4-9-19(16)24-18-7-5-8-18/h3-4,6,9-12,18H,5,7-8,13H2,1-2H3,(H3,21,22,23). The van der Waals surface area contributed by atoms with E-state index in [9.17, 15) is 0 Å². The van der Waals surface area contributed by atoms with E-state index in [-0.39, 0.29) is 0 Å². The summed E-state index contributed by atoms with van der Waals surface area (Å²) in [4.78, 5) is 4.46. The van der Waals surface area contributed by atoms with E-state index in [1.54, 1.807) is 0 Å². The maximum Gasteiger partial charge on any atom is 0.193 e. The molecule has 24 heavy (non-hydrogen) atoms. The Labute approximate surface area is 143 Å². The lowest BCUT2D eigenvalue weighted by Crippen LogP contribution is -2.25. The molecule has 0 amide bonds. The van der Waals surface area contributed by atoms with Crippen LogP contribution in [-0.2, 0) is 6.54 Å². The summed E-state index contributed by atoms with van der Waals surface area (Å²) in [5.74, 6) is 1.34. The second-order valence-electron chi connectivity index (χ2n) is 6.48. The van der Waals surface area contributed by atoms with E-state index in [1.807, 2.05) is 24.3 Å². The Bertz CT molecular complexity index is 715. The summed E-state index contributed by atoms with van der Waals surface area (Å²) in [6.07, 6.45) is 3.92. The average Bonchev–Trinajstić information content (AvgIpc) is 2.48. The van der Waals surface area contributed by atoms with Crippen LogP contribution in [0.4, 0.5) is 5.69 Å². The Morgan fingerprint density at radius 1 is 1.17 bits per heavy atom. The third-order valence-electron chi connectivity index (χ3n) is 4.23. The summed E-state index contributed by atoms with van der Waals surface area (Å²) in [6.45, 7) is 4.64. The number of nitrogens with zero attached hydrogens (tertiary/aromatic N) is 1. The number of hydrogen-bond acceptors (Lipinski definition) is 2. The molecule has 3 rings (SSSR count). The molecule has 1 fully saturated rings. The highest BCUT2D eigenvalue weighted by atomic mass is 16.5. The minimum Gasteiger partial charge on any atom is -0.490 e. The molecule has 0 spiro atoms. The molecule has 0 aliphatic heterocycles. The molecule has 4 heteroatoms. The molecule has 0 bridgehead atoms.